The standard InChI is InChI=1S/C21H13FN8/c22-13-3-1-11(2-4-13)14-7-8-23-20-17(14)27-21(28-20)19-18-16(29-30-19)6-5-15(26-18)12-9-24-25-10-12/h1-10H,(H,24,25)(H,29,30)(H,23,27,28). The van der Waals surface area contributed by atoms with E-state index in [1.807, 2.05) is 18.2 Å². The molecule has 0 aliphatic rings. The van der Waals surface area contributed by atoms with Gasteiger partial charge in [0.15, 0.2) is 17.2 Å². The smallest absolute Gasteiger partial charge is 0.162 e. The SMILES string of the molecule is Fc1ccc(-c2ccnc3[nH]c(-c4n[nH]c5ccc(-c6cn[nH]c6)nc45)nc23)cc1. The van der Waals surface area contributed by atoms with E-state index in [0.717, 1.165) is 27.9 Å². The first kappa shape index (κ1) is 16.5. The zero-order valence-corrected chi connectivity index (χ0v) is 15.4. The molecule has 0 bridgehead atoms. The van der Waals surface area contributed by atoms with Crippen LogP contribution in [-0.2, 0) is 0 Å². The fraction of sp³-hybridized carbons (Fsp3) is 0. The van der Waals surface area contributed by atoms with Crippen LogP contribution in [0.3, 0.4) is 0 Å². The molecule has 0 saturated heterocycles. The molecule has 0 amide bonds. The summed E-state index contributed by atoms with van der Waals surface area (Å²) in [6.07, 6.45) is 5.20. The van der Waals surface area contributed by atoms with Crippen LogP contribution in [0.15, 0.2) is 61.1 Å². The molecule has 0 atom stereocenters. The van der Waals surface area contributed by atoms with Gasteiger partial charge in [-0.1, -0.05) is 12.1 Å². The van der Waals surface area contributed by atoms with Gasteiger partial charge in [0.1, 0.15) is 16.9 Å². The first-order valence-electron chi connectivity index (χ1n) is 9.21. The molecule has 6 rings (SSSR count). The van der Waals surface area contributed by atoms with Crippen molar-refractivity contribution in [3.63, 3.8) is 0 Å². The van der Waals surface area contributed by atoms with Crippen molar-refractivity contribution in [2.24, 2.45) is 0 Å². The maximum Gasteiger partial charge on any atom is 0.162 e. The maximum absolute atomic E-state index is 13.3. The van der Waals surface area contributed by atoms with Gasteiger partial charge in [0.25, 0.3) is 0 Å². The third-order valence-electron chi connectivity index (χ3n) is 4.97. The summed E-state index contributed by atoms with van der Waals surface area (Å²) < 4.78 is 13.3. The van der Waals surface area contributed by atoms with E-state index >= 15 is 0 Å². The Kier molecular flexibility index (Phi) is 3.48. The molecule has 30 heavy (non-hydrogen) atoms. The molecular formula is C21H13FN8. The van der Waals surface area contributed by atoms with Gasteiger partial charge in [-0.05, 0) is 35.9 Å². The lowest BCUT2D eigenvalue weighted by Crippen LogP contribution is -1.86. The van der Waals surface area contributed by atoms with Crippen molar-refractivity contribution < 1.29 is 4.39 Å². The number of pyridine rings is 2. The predicted octanol–water partition coefficient (Wildman–Crippen LogP) is 4.09. The summed E-state index contributed by atoms with van der Waals surface area (Å²) in [5, 5.41) is 14.2. The average molecular weight is 396 g/mol. The van der Waals surface area contributed by atoms with Gasteiger partial charge in [0, 0.05) is 23.5 Å². The third-order valence-corrected chi connectivity index (χ3v) is 4.97. The first-order valence-corrected chi connectivity index (χ1v) is 9.21. The number of hydrogen-bond donors (Lipinski definition) is 3. The highest BCUT2D eigenvalue weighted by molar-refractivity contribution is 5.94. The van der Waals surface area contributed by atoms with E-state index in [1.165, 1.54) is 12.1 Å². The number of benzene rings is 1. The van der Waals surface area contributed by atoms with Crippen LogP contribution in [0.4, 0.5) is 4.39 Å². The second-order valence-corrected chi connectivity index (χ2v) is 6.80. The van der Waals surface area contributed by atoms with E-state index in [4.69, 9.17) is 9.97 Å². The molecule has 0 unspecified atom stereocenters. The number of hydrogen-bond acceptors (Lipinski definition) is 5. The number of imidazole rings is 1. The van der Waals surface area contributed by atoms with Crippen LogP contribution >= 0.6 is 0 Å². The van der Waals surface area contributed by atoms with E-state index in [1.54, 1.807) is 30.7 Å². The van der Waals surface area contributed by atoms with Gasteiger partial charge < -0.3 is 4.98 Å². The Balaban J connectivity index is 1.52. The highest BCUT2D eigenvalue weighted by Crippen LogP contribution is 2.30. The molecule has 144 valence electrons. The Morgan fingerprint density at radius 2 is 1.77 bits per heavy atom. The Labute approximate surface area is 168 Å². The van der Waals surface area contributed by atoms with Gasteiger partial charge in [-0.25, -0.2) is 19.3 Å². The van der Waals surface area contributed by atoms with Crippen molar-refractivity contribution in [2.75, 3.05) is 0 Å². The number of nitrogens with one attached hydrogen (secondary N) is 3. The fourth-order valence-corrected chi connectivity index (χ4v) is 3.50. The van der Waals surface area contributed by atoms with E-state index < -0.39 is 0 Å². The van der Waals surface area contributed by atoms with E-state index in [0.29, 0.717) is 28.2 Å². The Morgan fingerprint density at radius 3 is 2.60 bits per heavy atom. The quantitative estimate of drug-likeness (QED) is 0.417. The Morgan fingerprint density at radius 1 is 0.867 bits per heavy atom. The lowest BCUT2D eigenvalue weighted by molar-refractivity contribution is 0.628. The number of fused-ring (bicyclic) bond motifs is 2. The van der Waals surface area contributed by atoms with Crippen molar-refractivity contribution in [1.82, 2.24) is 40.3 Å². The molecule has 6 aromatic rings. The van der Waals surface area contributed by atoms with Crippen molar-refractivity contribution in [1.29, 1.82) is 0 Å². The maximum atomic E-state index is 13.3. The van der Waals surface area contributed by atoms with Crippen molar-refractivity contribution in [3.05, 3.63) is 66.9 Å². The summed E-state index contributed by atoms with van der Waals surface area (Å²) in [6, 6.07) is 12.0. The molecule has 0 aliphatic heterocycles. The number of aromatic amines is 3. The molecule has 0 spiro atoms. The van der Waals surface area contributed by atoms with Crippen LogP contribution in [0.5, 0.6) is 0 Å². The highest BCUT2D eigenvalue weighted by atomic mass is 19.1. The minimum absolute atomic E-state index is 0.283. The zero-order valence-electron chi connectivity index (χ0n) is 15.4. The molecule has 1 aromatic carbocycles. The molecule has 0 aliphatic carbocycles. The molecule has 8 nitrogen and oxygen atoms in total. The van der Waals surface area contributed by atoms with Crippen LogP contribution in [0, 0.1) is 5.82 Å². The molecule has 0 radical (unpaired) electrons. The number of aromatic nitrogens is 8. The first-order chi connectivity index (χ1) is 14.8. The second-order valence-electron chi connectivity index (χ2n) is 6.80. The largest absolute Gasteiger partial charge is 0.321 e. The molecule has 0 fully saturated rings. The molecule has 0 saturated carbocycles. The summed E-state index contributed by atoms with van der Waals surface area (Å²) in [5.74, 6) is 0.268. The number of H-pyrrole nitrogens is 3. The van der Waals surface area contributed by atoms with Gasteiger partial charge in [0.2, 0.25) is 0 Å². The van der Waals surface area contributed by atoms with Crippen LogP contribution in [0.1, 0.15) is 0 Å². The van der Waals surface area contributed by atoms with Crippen molar-refractivity contribution >= 4 is 22.2 Å². The van der Waals surface area contributed by atoms with Crippen LogP contribution in [-0.4, -0.2) is 40.3 Å². The summed E-state index contributed by atoms with van der Waals surface area (Å²) in [5.41, 5.74) is 6.76. The lowest BCUT2D eigenvalue weighted by atomic mass is 10.1. The van der Waals surface area contributed by atoms with Crippen LogP contribution < -0.4 is 0 Å². The number of halogens is 1. The van der Waals surface area contributed by atoms with Gasteiger partial charge >= 0.3 is 0 Å². The predicted molar refractivity (Wildman–Crippen MR) is 110 cm³/mol. The number of rotatable bonds is 3. The minimum Gasteiger partial charge on any atom is -0.321 e. The zero-order chi connectivity index (χ0) is 20.1. The Bertz CT molecular complexity index is 1500. The average Bonchev–Trinajstić information content (AvgIpc) is 3.52. The summed E-state index contributed by atoms with van der Waals surface area (Å²) >= 11 is 0. The third kappa shape index (κ3) is 2.56. The summed E-state index contributed by atoms with van der Waals surface area (Å²) in [6.45, 7) is 0. The summed E-state index contributed by atoms with van der Waals surface area (Å²) in [7, 11) is 0. The van der Waals surface area contributed by atoms with E-state index in [2.05, 4.69) is 30.4 Å². The summed E-state index contributed by atoms with van der Waals surface area (Å²) in [4.78, 5) is 17.1. The Hall–Kier alpha value is -4.40. The molecule has 5 aromatic heterocycles. The van der Waals surface area contributed by atoms with Crippen molar-refractivity contribution in [3.8, 4) is 33.9 Å². The second kappa shape index (κ2) is 6.31. The van der Waals surface area contributed by atoms with E-state index in [-0.39, 0.29) is 5.82 Å². The monoisotopic (exact) mass is 396 g/mol. The highest BCUT2D eigenvalue weighted by Gasteiger charge is 2.17. The molecular weight excluding hydrogens is 383 g/mol. The van der Waals surface area contributed by atoms with Gasteiger partial charge in [-0.2, -0.15) is 10.2 Å². The van der Waals surface area contributed by atoms with Gasteiger partial charge in [-0.3, -0.25) is 10.2 Å². The van der Waals surface area contributed by atoms with E-state index in [9.17, 15) is 4.39 Å². The number of nitrogens with zero attached hydrogens (tertiary/aromatic N) is 5. The molecule has 3 N–H and O–H groups in total. The topological polar surface area (TPSA) is 112 Å². The minimum atomic E-state index is -0.283. The van der Waals surface area contributed by atoms with Crippen molar-refractivity contribution in [2.45, 2.75) is 0 Å². The van der Waals surface area contributed by atoms with Crippen LogP contribution in [0.25, 0.3) is 56.1 Å². The lowest BCUT2D eigenvalue weighted by Gasteiger charge is -2.01. The van der Waals surface area contributed by atoms with Crippen LogP contribution in [0.2, 0.25) is 0 Å². The van der Waals surface area contributed by atoms with Gasteiger partial charge in [-0.15, -0.1) is 0 Å². The normalized spacial score (nSPS) is 11.5. The molecule has 9 heteroatoms. The molecule has 5 heterocycles. The fourth-order valence-electron chi connectivity index (χ4n) is 3.50. The van der Waals surface area contributed by atoms with Gasteiger partial charge in [0.05, 0.1) is 17.4 Å².